The summed E-state index contributed by atoms with van der Waals surface area (Å²) >= 11 is 0. The van der Waals surface area contributed by atoms with Gasteiger partial charge in [-0.25, -0.2) is 9.97 Å². The van der Waals surface area contributed by atoms with E-state index in [0.29, 0.717) is 12.0 Å². The zero-order valence-electron chi connectivity index (χ0n) is 23.4. The standard InChI is InChI=1S/C31H38N6O2/c1-23-17-24(19-28(18-23)38-3)5-6-25-21-32-31(33-22-25)34-26-7-8-29(30(20-26)39-4)37-11-9-27(10-12-37)36-15-13-35(2)14-16-36/h7-8,17-22,27H,9-16H2,1-4H3,(H,32,33,34). The summed E-state index contributed by atoms with van der Waals surface area (Å²) in [4.78, 5) is 16.5. The lowest BCUT2D eigenvalue weighted by Gasteiger charge is -2.42. The number of rotatable bonds is 6. The van der Waals surface area contributed by atoms with Crippen LogP contribution in [0, 0.1) is 18.8 Å². The molecule has 1 N–H and O–H groups in total. The summed E-state index contributed by atoms with van der Waals surface area (Å²) in [6, 6.07) is 12.8. The smallest absolute Gasteiger partial charge is 0.227 e. The Bertz CT molecular complexity index is 1320. The van der Waals surface area contributed by atoms with E-state index >= 15 is 0 Å². The van der Waals surface area contributed by atoms with Gasteiger partial charge < -0.3 is 24.6 Å². The van der Waals surface area contributed by atoms with E-state index in [1.807, 2.05) is 31.2 Å². The Morgan fingerprint density at radius 3 is 2.26 bits per heavy atom. The number of likely N-dealkylation sites (N-methyl/N-ethyl adjacent to an activating group) is 1. The van der Waals surface area contributed by atoms with E-state index in [2.05, 4.69) is 61.0 Å². The number of ether oxygens (including phenoxy) is 2. The average molecular weight is 527 g/mol. The van der Waals surface area contributed by atoms with Crippen molar-refractivity contribution < 1.29 is 9.47 Å². The minimum Gasteiger partial charge on any atom is -0.497 e. The number of nitrogens with zero attached hydrogens (tertiary/aromatic N) is 5. The highest BCUT2D eigenvalue weighted by Crippen LogP contribution is 2.34. The number of hydrogen-bond donors (Lipinski definition) is 1. The molecule has 8 nitrogen and oxygen atoms in total. The SMILES string of the molecule is COc1cc(C)cc(C#Cc2cnc(Nc3ccc(N4CCC(N5CCN(C)CC5)CC4)c(OC)c3)nc2)c1. The third-order valence-corrected chi connectivity index (χ3v) is 7.58. The molecule has 0 radical (unpaired) electrons. The Morgan fingerprint density at radius 2 is 1.56 bits per heavy atom. The second-order valence-electron chi connectivity index (χ2n) is 10.4. The third-order valence-electron chi connectivity index (χ3n) is 7.58. The normalized spacial score (nSPS) is 16.9. The van der Waals surface area contributed by atoms with E-state index < -0.39 is 0 Å². The fourth-order valence-corrected chi connectivity index (χ4v) is 5.34. The molecule has 8 heteroatoms. The fourth-order valence-electron chi connectivity index (χ4n) is 5.34. The number of benzene rings is 2. The molecule has 5 rings (SSSR count). The lowest BCUT2D eigenvalue weighted by molar-refractivity contribution is 0.0981. The van der Waals surface area contributed by atoms with E-state index in [1.54, 1.807) is 26.6 Å². The number of piperazine rings is 1. The summed E-state index contributed by atoms with van der Waals surface area (Å²) in [5.41, 5.74) is 4.76. The highest BCUT2D eigenvalue weighted by molar-refractivity contribution is 5.67. The van der Waals surface area contributed by atoms with Gasteiger partial charge in [0.2, 0.25) is 5.95 Å². The molecule has 2 fully saturated rings. The maximum atomic E-state index is 5.78. The van der Waals surface area contributed by atoms with Crippen LogP contribution >= 0.6 is 0 Å². The van der Waals surface area contributed by atoms with Crippen LogP contribution in [-0.4, -0.2) is 86.3 Å². The van der Waals surface area contributed by atoms with E-state index in [4.69, 9.17) is 9.47 Å². The van der Waals surface area contributed by atoms with Crippen LogP contribution in [0.3, 0.4) is 0 Å². The first-order valence-electron chi connectivity index (χ1n) is 13.6. The maximum Gasteiger partial charge on any atom is 0.227 e. The number of aromatic nitrogens is 2. The van der Waals surface area contributed by atoms with Crippen LogP contribution in [0.25, 0.3) is 0 Å². The topological polar surface area (TPSA) is 66.0 Å². The molecule has 1 aromatic heterocycles. The first-order valence-corrected chi connectivity index (χ1v) is 13.6. The molecule has 0 aliphatic carbocycles. The first kappa shape index (κ1) is 26.8. The number of anilines is 3. The molecule has 0 bridgehead atoms. The van der Waals surface area contributed by atoms with Crippen LogP contribution in [0.5, 0.6) is 11.5 Å². The van der Waals surface area contributed by atoms with Gasteiger partial charge in [-0.1, -0.05) is 11.8 Å². The number of piperidine rings is 1. The molecule has 0 amide bonds. The second-order valence-corrected chi connectivity index (χ2v) is 10.4. The Balaban J connectivity index is 1.20. The molecule has 2 aromatic carbocycles. The lowest BCUT2D eigenvalue weighted by atomic mass is 10.0. The quantitative estimate of drug-likeness (QED) is 0.481. The van der Waals surface area contributed by atoms with Crippen molar-refractivity contribution >= 4 is 17.3 Å². The zero-order chi connectivity index (χ0) is 27.2. The number of nitrogens with one attached hydrogen (secondary N) is 1. The minimum absolute atomic E-state index is 0.514. The summed E-state index contributed by atoms with van der Waals surface area (Å²) in [6.45, 7) is 8.82. The van der Waals surface area contributed by atoms with Gasteiger partial charge in [0.05, 0.1) is 25.5 Å². The summed E-state index contributed by atoms with van der Waals surface area (Å²) in [6.07, 6.45) is 5.83. The molecule has 0 unspecified atom stereocenters. The number of aryl methyl sites for hydroxylation is 1. The Hall–Kier alpha value is -3.80. The van der Waals surface area contributed by atoms with Crippen molar-refractivity contribution in [3.8, 4) is 23.3 Å². The van der Waals surface area contributed by atoms with Crippen LogP contribution in [0.1, 0.15) is 29.5 Å². The van der Waals surface area contributed by atoms with Crippen LogP contribution in [-0.2, 0) is 0 Å². The van der Waals surface area contributed by atoms with Gasteiger partial charge in [-0.2, -0.15) is 0 Å². The van der Waals surface area contributed by atoms with Crippen molar-refractivity contribution in [2.45, 2.75) is 25.8 Å². The van der Waals surface area contributed by atoms with E-state index in [1.165, 1.54) is 39.0 Å². The molecule has 0 atom stereocenters. The minimum atomic E-state index is 0.514. The van der Waals surface area contributed by atoms with Crippen LogP contribution in [0.4, 0.5) is 17.3 Å². The molecule has 2 aliphatic rings. The Morgan fingerprint density at radius 1 is 0.846 bits per heavy atom. The van der Waals surface area contributed by atoms with Gasteiger partial charge in [0.1, 0.15) is 11.5 Å². The molecule has 39 heavy (non-hydrogen) atoms. The highest BCUT2D eigenvalue weighted by Gasteiger charge is 2.27. The molecule has 0 spiro atoms. The van der Waals surface area contributed by atoms with Gasteiger partial charge in [-0.15, -0.1) is 0 Å². The molecule has 3 aromatic rings. The Kier molecular flexibility index (Phi) is 8.50. The molecular weight excluding hydrogens is 488 g/mol. The Labute approximate surface area is 232 Å². The average Bonchev–Trinajstić information content (AvgIpc) is 2.97. The van der Waals surface area contributed by atoms with Crippen LogP contribution < -0.4 is 19.7 Å². The fraction of sp³-hybridized carbons (Fsp3) is 0.419. The van der Waals surface area contributed by atoms with Crippen molar-refractivity contribution in [3.05, 3.63) is 65.5 Å². The monoisotopic (exact) mass is 526 g/mol. The van der Waals surface area contributed by atoms with Crippen molar-refractivity contribution in [1.29, 1.82) is 0 Å². The van der Waals surface area contributed by atoms with Gasteiger partial charge in [0.25, 0.3) is 0 Å². The summed E-state index contributed by atoms with van der Waals surface area (Å²) in [5, 5.41) is 3.29. The molecule has 2 aliphatic heterocycles. The van der Waals surface area contributed by atoms with Crippen molar-refractivity contribution in [2.24, 2.45) is 0 Å². The van der Waals surface area contributed by atoms with Gasteiger partial charge in [-0.05, 0) is 62.7 Å². The van der Waals surface area contributed by atoms with E-state index in [-0.39, 0.29) is 0 Å². The third kappa shape index (κ3) is 6.80. The summed E-state index contributed by atoms with van der Waals surface area (Å²) < 4.78 is 11.1. The van der Waals surface area contributed by atoms with Crippen molar-refractivity contribution in [3.63, 3.8) is 0 Å². The van der Waals surface area contributed by atoms with Gasteiger partial charge >= 0.3 is 0 Å². The van der Waals surface area contributed by atoms with Gasteiger partial charge in [0.15, 0.2) is 0 Å². The lowest BCUT2D eigenvalue weighted by Crippen LogP contribution is -2.52. The maximum absolute atomic E-state index is 5.78. The van der Waals surface area contributed by atoms with E-state index in [0.717, 1.165) is 52.7 Å². The predicted molar refractivity (Wildman–Crippen MR) is 156 cm³/mol. The molecule has 2 saturated heterocycles. The second kappa shape index (κ2) is 12.4. The number of methoxy groups -OCH3 is 2. The number of hydrogen-bond acceptors (Lipinski definition) is 8. The predicted octanol–water partition coefficient (Wildman–Crippen LogP) is 4.16. The van der Waals surface area contributed by atoms with Crippen LogP contribution in [0.2, 0.25) is 0 Å². The highest BCUT2D eigenvalue weighted by atomic mass is 16.5. The zero-order valence-corrected chi connectivity index (χ0v) is 23.4. The molecular formula is C31H38N6O2. The van der Waals surface area contributed by atoms with Gasteiger partial charge in [-0.3, -0.25) is 4.90 Å². The molecule has 3 heterocycles. The van der Waals surface area contributed by atoms with Crippen molar-refractivity contribution in [1.82, 2.24) is 19.8 Å². The van der Waals surface area contributed by atoms with Gasteiger partial charge in [0, 0.05) is 75.0 Å². The molecule has 0 saturated carbocycles. The van der Waals surface area contributed by atoms with E-state index in [9.17, 15) is 0 Å². The van der Waals surface area contributed by atoms with Crippen LogP contribution in [0.15, 0.2) is 48.8 Å². The molecule has 204 valence electrons. The largest absolute Gasteiger partial charge is 0.497 e. The first-order chi connectivity index (χ1) is 19.0. The van der Waals surface area contributed by atoms with Crippen molar-refractivity contribution in [2.75, 3.05) is 70.8 Å². The summed E-state index contributed by atoms with van der Waals surface area (Å²) in [7, 11) is 5.60. The summed E-state index contributed by atoms with van der Waals surface area (Å²) in [5.74, 6) is 8.46.